The highest BCUT2D eigenvalue weighted by Gasteiger charge is 2.54. The molecule has 6 N–H and O–H groups in total. The highest BCUT2D eigenvalue weighted by molar-refractivity contribution is 6.34. The van der Waals surface area contributed by atoms with Crippen LogP contribution in [0.15, 0.2) is 52.5 Å². The Bertz CT molecular complexity index is 2250. The van der Waals surface area contributed by atoms with Crippen LogP contribution in [0.4, 0.5) is 0 Å². The predicted octanol–water partition coefficient (Wildman–Crippen LogP) is 4.13. The summed E-state index contributed by atoms with van der Waals surface area (Å²) in [6, 6.07) is 0. The summed E-state index contributed by atoms with van der Waals surface area (Å²) < 4.78 is 29.9. The van der Waals surface area contributed by atoms with Crippen molar-refractivity contribution in [1.29, 1.82) is 0 Å². The van der Waals surface area contributed by atoms with Gasteiger partial charge in [0, 0.05) is 93.8 Å². The number of carbonyl (C=O) groups is 5. The van der Waals surface area contributed by atoms with Crippen LogP contribution in [0.5, 0.6) is 11.5 Å². The van der Waals surface area contributed by atoms with Crippen molar-refractivity contribution >= 4 is 35.1 Å². The Morgan fingerprint density at radius 3 is 2.26 bits per heavy atom. The van der Waals surface area contributed by atoms with Gasteiger partial charge in [-0.15, -0.1) is 0 Å². The largest absolute Gasteiger partial charge is 0.507 e. The average Bonchev–Trinajstić information content (AvgIpc) is 3.76. The van der Waals surface area contributed by atoms with Crippen LogP contribution in [0.25, 0.3) is 0 Å². The van der Waals surface area contributed by atoms with Gasteiger partial charge < -0.3 is 55.2 Å². The molecular weight excluding hydrogens is 839 g/mol. The number of piperidine rings is 1. The van der Waals surface area contributed by atoms with Gasteiger partial charge in [-0.3, -0.25) is 29.0 Å². The molecule has 1 aliphatic carbocycles. The van der Waals surface area contributed by atoms with Gasteiger partial charge in [0.05, 0.1) is 47.6 Å². The number of hydrogen-bond acceptors (Lipinski definition) is 16. The molecule has 17 nitrogen and oxygen atoms in total. The fourth-order valence-electron chi connectivity index (χ4n) is 9.68. The topological polar surface area (TPSA) is 238 Å². The molecule has 9 atom stereocenters. The molecule has 65 heavy (non-hydrogen) atoms. The summed E-state index contributed by atoms with van der Waals surface area (Å²) in [6.45, 7) is 19.0. The van der Waals surface area contributed by atoms with E-state index in [9.17, 15) is 34.2 Å². The summed E-state index contributed by atoms with van der Waals surface area (Å²) in [5.41, 5.74) is 5.26. The number of nitrogens with one attached hydrogen (secondary N) is 2. The summed E-state index contributed by atoms with van der Waals surface area (Å²) in [7, 11) is 1.45. The van der Waals surface area contributed by atoms with Gasteiger partial charge in [-0.05, 0) is 25.8 Å². The first-order valence-corrected chi connectivity index (χ1v) is 22.4. The summed E-state index contributed by atoms with van der Waals surface area (Å²) in [6.07, 6.45) is 4.90. The van der Waals surface area contributed by atoms with Crippen LogP contribution < -0.4 is 21.1 Å². The highest BCUT2D eigenvalue weighted by atomic mass is 16.7. The second-order valence-electron chi connectivity index (χ2n) is 18.7. The number of Topliss-reactive ketones (excluding diaryl/α,β-unsaturated/α-hetero) is 2. The molecule has 0 saturated carbocycles. The zero-order chi connectivity index (χ0) is 47.9. The predicted molar refractivity (Wildman–Crippen MR) is 240 cm³/mol. The molecule has 1 spiro atoms. The van der Waals surface area contributed by atoms with Crippen molar-refractivity contribution in [3.8, 4) is 11.5 Å². The quantitative estimate of drug-likeness (QED) is 0.253. The first-order chi connectivity index (χ1) is 30.6. The number of benzene rings is 1. The molecule has 4 heterocycles. The van der Waals surface area contributed by atoms with Gasteiger partial charge in [-0.2, -0.15) is 0 Å². The number of rotatable bonds is 6. The lowest BCUT2D eigenvalue weighted by molar-refractivity contribution is -0.164. The number of hydrogen-bond donors (Lipinski definition) is 5. The van der Waals surface area contributed by atoms with Crippen LogP contribution in [-0.2, 0) is 33.3 Å². The first-order valence-electron chi connectivity index (χ1n) is 22.4. The summed E-state index contributed by atoms with van der Waals surface area (Å²) >= 11 is 0. The van der Waals surface area contributed by atoms with Crippen molar-refractivity contribution in [1.82, 2.24) is 15.5 Å². The third kappa shape index (κ3) is 9.51. The number of phenols is 1. The van der Waals surface area contributed by atoms with E-state index in [0.29, 0.717) is 31.8 Å². The minimum Gasteiger partial charge on any atom is -0.507 e. The van der Waals surface area contributed by atoms with Gasteiger partial charge in [0.2, 0.25) is 5.78 Å². The monoisotopic (exact) mass is 903 g/mol. The number of allylic oxidation sites excluding steroid dienone is 4. The van der Waals surface area contributed by atoms with Crippen LogP contribution >= 0.6 is 0 Å². The molecule has 0 aromatic heterocycles. The zero-order valence-electron chi connectivity index (χ0n) is 39.3. The Labute approximate surface area is 380 Å². The second-order valence-corrected chi connectivity index (χ2v) is 18.7. The molecule has 0 unspecified atom stereocenters. The fraction of sp³-hybridized carbons (Fsp3) is 0.583. The number of carbonyl (C=O) groups excluding carboxylic acids is 5. The minimum atomic E-state index is -2.00. The lowest BCUT2D eigenvalue weighted by atomic mass is 9.78. The lowest BCUT2D eigenvalue weighted by Gasteiger charge is -2.38. The molecule has 0 radical (unpaired) electrons. The van der Waals surface area contributed by atoms with Gasteiger partial charge in [-0.25, -0.2) is 0 Å². The average molecular weight is 904 g/mol. The minimum absolute atomic E-state index is 0.000945. The van der Waals surface area contributed by atoms with Crippen LogP contribution in [0, 0.1) is 36.5 Å². The number of phenolic OH excluding ortho intramolecular Hbond substituents is 1. The summed E-state index contributed by atoms with van der Waals surface area (Å²) in [5.74, 6) is -7.88. The van der Waals surface area contributed by atoms with E-state index in [2.05, 4.69) is 29.4 Å². The van der Waals surface area contributed by atoms with E-state index in [1.807, 2.05) is 0 Å². The van der Waals surface area contributed by atoms with E-state index in [4.69, 9.17) is 34.4 Å². The summed E-state index contributed by atoms with van der Waals surface area (Å²) in [5, 5.41) is 30.0. The molecule has 354 valence electrons. The van der Waals surface area contributed by atoms with E-state index < -0.39 is 101 Å². The molecule has 17 heteroatoms. The van der Waals surface area contributed by atoms with Gasteiger partial charge in [0.1, 0.15) is 35.1 Å². The zero-order valence-corrected chi connectivity index (χ0v) is 39.3. The fourth-order valence-corrected chi connectivity index (χ4v) is 9.68. The van der Waals surface area contributed by atoms with Crippen LogP contribution in [0.3, 0.4) is 0 Å². The van der Waals surface area contributed by atoms with Crippen molar-refractivity contribution in [3.63, 3.8) is 0 Å². The molecule has 1 saturated heterocycles. The Hall–Kier alpha value is -5.36. The van der Waals surface area contributed by atoms with E-state index >= 15 is 0 Å². The maximum atomic E-state index is 14.8. The molecule has 5 bridgehead atoms. The van der Waals surface area contributed by atoms with E-state index in [1.54, 1.807) is 46.8 Å². The van der Waals surface area contributed by atoms with E-state index in [0.717, 1.165) is 6.54 Å². The second kappa shape index (κ2) is 19.2. The number of nitrogens with two attached hydrogens (primary N) is 1. The number of aliphatic imine (C=N–C) groups is 1. The van der Waals surface area contributed by atoms with Crippen LogP contribution in [0.2, 0.25) is 0 Å². The molecular formula is C48H65N5O12. The number of aliphatic hydroxyl groups excluding tert-OH is 1. The Balaban J connectivity index is 1.50. The Morgan fingerprint density at radius 2 is 1.65 bits per heavy atom. The molecule has 1 aromatic carbocycles. The third-order valence-electron chi connectivity index (χ3n) is 13.4. The molecule has 4 aliphatic heterocycles. The van der Waals surface area contributed by atoms with Crippen LogP contribution in [-0.4, -0.2) is 119 Å². The number of methoxy groups -OCH3 is 1. The number of ketones is 2. The van der Waals surface area contributed by atoms with Crippen molar-refractivity contribution in [2.45, 2.75) is 118 Å². The number of fused-ring (bicyclic) bond motifs is 3. The Kier molecular flexibility index (Phi) is 14.5. The molecule has 1 amide bonds. The number of aromatic hydroxyl groups is 1. The maximum absolute atomic E-state index is 14.8. The molecule has 1 fully saturated rings. The van der Waals surface area contributed by atoms with Crippen molar-refractivity contribution in [2.24, 2.45) is 40.3 Å². The SMILES string of the molecule is CO[C@H]1/C=C/O[C@@]2(C)Oc3c(C)c(O)c4c(c3C2=O)C2=NC3(CCN(CC(C)C)CC3)NC2=C(NC(=O)/C(C)=C\C=C\[C@H](C)[C@H](OC(=O)CN)[C@@H](C)[C@@H](O)[C@@H](C)[C@H](OC(C)=O)[C@@H]1C)C4=O. The third-order valence-corrected chi connectivity index (χ3v) is 13.4. The number of esters is 2. The van der Waals surface area contributed by atoms with Crippen molar-refractivity contribution in [2.75, 3.05) is 33.3 Å². The van der Waals surface area contributed by atoms with Gasteiger partial charge >= 0.3 is 17.7 Å². The molecule has 1 aromatic rings. The number of nitrogens with zero attached hydrogens (tertiary/aromatic N) is 2. The van der Waals surface area contributed by atoms with E-state index in [-0.39, 0.29) is 50.7 Å². The highest BCUT2D eigenvalue weighted by Crippen LogP contribution is 2.50. The smallest absolute Gasteiger partial charge is 0.320 e. The molecule has 6 rings (SSSR count). The summed E-state index contributed by atoms with van der Waals surface area (Å²) in [4.78, 5) is 76.4. The number of ether oxygens (including phenoxy) is 5. The number of amides is 1. The lowest BCUT2D eigenvalue weighted by Crippen LogP contribution is -2.50. The normalized spacial score (nSPS) is 32.4. The first kappa shape index (κ1) is 49.1. The van der Waals surface area contributed by atoms with Gasteiger partial charge in [0.25, 0.3) is 11.7 Å². The standard InChI is InChI=1S/C48H65N5O12/c1-23(2)22-53-18-16-48(17-19-53)51-36-33-34-40(57)29(8)44-35(33)45(59)47(10,65-44)62-20-15-31(61-11)26(5)43(63-30(9)54)28(7)39(56)27(6)42(64-32(55)21-49)24(3)13-12-14-25(4)46(60)50-38(41(34)58)37(36)52-48/h12-15,20,23-24,26-28,31,39,42-43,52,56-57H,16-19,21-22,49H2,1-11H3,(H,50,60)/b13-12+,20-15+,25-14-/t24-,26+,27-,28+,31-,39+,42-,43+,47-/m0/s1. The van der Waals surface area contributed by atoms with Crippen molar-refractivity contribution < 1.29 is 57.9 Å². The Morgan fingerprint density at radius 1 is 0.985 bits per heavy atom. The van der Waals surface area contributed by atoms with Crippen molar-refractivity contribution in [3.05, 3.63) is 69.8 Å². The van der Waals surface area contributed by atoms with E-state index in [1.165, 1.54) is 46.3 Å². The molecule has 5 aliphatic rings. The number of aliphatic hydroxyl groups is 1. The van der Waals surface area contributed by atoms with Crippen LogP contribution in [0.1, 0.15) is 107 Å². The van der Waals surface area contributed by atoms with Gasteiger partial charge in [-0.1, -0.05) is 59.8 Å². The maximum Gasteiger partial charge on any atom is 0.320 e. The van der Waals surface area contributed by atoms with Gasteiger partial charge in [0.15, 0.2) is 0 Å². The number of likely N-dealkylation sites (tertiary alicyclic amines) is 1.